The standard InChI is InChI=1S/C15H21N3O3/c1-9(2)21-11-4-5-12(10(3)6-11)18-15(20)13-7-17-14(19)8-16-13/h4-6,9,13,16H,7-8H2,1-3H3,(H,17,19)(H,18,20). The van der Waals surface area contributed by atoms with Gasteiger partial charge in [-0.25, -0.2) is 0 Å². The Morgan fingerprint density at radius 3 is 2.76 bits per heavy atom. The Hall–Kier alpha value is -2.08. The number of nitrogens with one attached hydrogen (secondary N) is 3. The maximum absolute atomic E-state index is 12.1. The Balaban J connectivity index is 1.99. The first kappa shape index (κ1) is 15.3. The first-order valence-corrected chi connectivity index (χ1v) is 7.04. The van der Waals surface area contributed by atoms with Gasteiger partial charge in [-0.3, -0.25) is 14.9 Å². The van der Waals surface area contributed by atoms with Gasteiger partial charge in [0.25, 0.3) is 0 Å². The van der Waals surface area contributed by atoms with E-state index in [9.17, 15) is 9.59 Å². The molecule has 1 aliphatic rings. The van der Waals surface area contributed by atoms with Crippen LogP contribution in [0.3, 0.4) is 0 Å². The van der Waals surface area contributed by atoms with Gasteiger partial charge in [0.05, 0.1) is 12.6 Å². The summed E-state index contributed by atoms with van der Waals surface area (Å²) in [4.78, 5) is 23.2. The van der Waals surface area contributed by atoms with E-state index in [1.807, 2.05) is 39.0 Å². The maximum atomic E-state index is 12.1. The number of hydrogen-bond acceptors (Lipinski definition) is 4. The van der Waals surface area contributed by atoms with E-state index in [4.69, 9.17) is 4.74 Å². The van der Waals surface area contributed by atoms with Gasteiger partial charge >= 0.3 is 0 Å². The van der Waals surface area contributed by atoms with Crippen LogP contribution in [-0.2, 0) is 9.59 Å². The number of piperazine rings is 1. The highest BCUT2D eigenvalue weighted by atomic mass is 16.5. The Bertz CT molecular complexity index is 533. The fourth-order valence-electron chi connectivity index (χ4n) is 2.09. The lowest BCUT2D eigenvalue weighted by molar-refractivity contribution is -0.124. The van der Waals surface area contributed by atoms with Crippen molar-refractivity contribution >= 4 is 17.5 Å². The third kappa shape index (κ3) is 4.19. The van der Waals surface area contributed by atoms with Crippen molar-refractivity contribution < 1.29 is 14.3 Å². The molecule has 1 fully saturated rings. The normalized spacial score (nSPS) is 18.3. The van der Waals surface area contributed by atoms with Crippen LogP contribution in [0.2, 0.25) is 0 Å². The van der Waals surface area contributed by atoms with Crippen LogP contribution >= 0.6 is 0 Å². The molecule has 1 atom stereocenters. The zero-order valence-corrected chi connectivity index (χ0v) is 12.5. The summed E-state index contributed by atoms with van der Waals surface area (Å²) in [6.45, 7) is 6.32. The average Bonchev–Trinajstić information content (AvgIpc) is 2.42. The van der Waals surface area contributed by atoms with Gasteiger partial charge in [-0.1, -0.05) is 0 Å². The van der Waals surface area contributed by atoms with E-state index >= 15 is 0 Å². The first-order chi connectivity index (χ1) is 9.95. The summed E-state index contributed by atoms with van der Waals surface area (Å²) in [5.74, 6) is 0.532. The largest absolute Gasteiger partial charge is 0.491 e. The van der Waals surface area contributed by atoms with Crippen molar-refractivity contribution in [2.45, 2.75) is 32.9 Å². The minimum absolute atomic E-state index is 0.0922. The summed E-state index contributed by atoms with van der Waals surface area (Å²) in [7, 11) is 0. The molecule has 6 heteroatoms. The molecule has 21 heavy (non-hydrogen) atoms. The number of carbonyl (C=O) groups is 2. The molecule has 1 aliphatic heterocycles. The molecular formula is C15H21N3O3. The Morgan fingerprint density at radius 2 is 2.19 bits per heavy atom. The second-order valence-electron chi connectivity index (χ2n) is 5.37. The summed E-state index contributed by atoms with van der Waals surface area (Å²) in [5, 5.41) is 8.43. The van der Waals surface area contributed by atoms with Crippen LogP contribution < -0.4 is 20.7 Å². The number of rotatable bonds is 4. The van der Waals surface area contributed by atoms with Gasteiger partial charge in [0.2, 0.25) is 11.8 Å². The second-order valence-corrected chi connectivity index (χ2v) is 5.37. The monoisotopic (exact) mass is 291 g/mol. The Kier molecular flexibility index (Phi) is 4.80. The lowest BCUT2D eigenvalue weighted by Gasteiger charge is -2.23. The number of carbonyl (C=O) groups excluding carboxylic acids is 2. The predicted octanol–water partition coefficient (Wildman–Crippen LogP) is 0.809. The molecule has 1 aromatic rings. The van der Waals surface area contributed by atoms with Crippen molar-refractivity contribution in [3.8, 4) is 5.75 Å². The lowest BCUT2D eigenvalue weighted by Crippen LogP contribution is -2.56. The topological polar surface area (TPSA) is 79.5 Å². The molecule has 1 aromatic carbocycles. The SMILES string of the molecule is Cc1cc(OC(C)C)ccc1NC(=O)C1CNC(=O)CN1. The number of ether oxygens (including phenoxy) is 1. The van der Waals surface area contributed by atoms with Crippen molar-refractivity contribution in [3.05, 3.63) is 23.8 Å². The molecular weight excluding hydrogens is 270 g/mol. The van der Waals surface area contributed by atoms with Crippen molar-refractivity contribution in [2.24, 2.45) is 0 Å². The molecule has 0 radical (unpaired) electrons. The Labute approximate surface area is 124 Å². The van der Waals surface area contributed by atoms with Gasteiger partial charge in [-0.05, 0) is 44.5 Å². The average molecular weight is 291 g/mol. The summed E-state index contributed by atoms with van der Waals surface area (Å²) in [6.07, 6.45) is 0.111. The predicted molar refractivity (Wildman–Crippen MR) is 80.4 cm³/mol. The summed E-state index contributed by atoms with van der Waals surface area (Å²) in [6, 6.07) is 5.14. The molecule has 0 bridgehead atoms. The number of anilines is 1. The smallest absolute Gasteiger partial charge is 0.243 e. The molecule has 0 aromatic heterocycles. The van der Waals surface area contributed by atoms with Crippen LogP contribution in [0.15, 0.2) is 18.2 Å². The van der Waals surface area contributed by atoms with E-state index in [0.717, 1.165) is 17.0 Å². The molecule has 0 aliphatic carbocycles. The van der Waals surface area contributed by atoms with E-state index < -0.39 is 6.04 Å². The van der Waals surface area contributed by atoms with E-state index in [0.29, 0.717) is 6.54 Å². The molecule has 6 nitrogen and oxygen atoms in total. The highest BCUT2D eigenvalue weighted by Crippen LogP contribution is 2.22. The molecule has 1 heterocycles. The van der Waals surface area contributed by atoms with Crippen molar-refractivity contribution in [1.82, 2.24) is 10.6 Å². The minimum Gasteiger partial charge on any atom is -0.491 e. The van der Waals surface area contributed by atoms with Crippen LogP contribution in [0, 0.1) is 6.92 Å². The van der Waals surface area contributed by atoms with Crippen LogP contribution in [-0.4, -0.2) is 37.0 Å². The van der Waals surface area contributed by atoms with Crippen LogP contribution in [0.5, 0.6) is 5.75 Å². The van der Waals surface area contributed by atoms with Gasteiger partial charge < -0.3 is 15.4 Å². The summed E-state index contributed by atoms with van der Waals surface area (Å²) >= 11 is 0. The van der Waals surface area contributed by atoms with Gasteiger partial charge in [-0.2, -0.15) is 0 Å². The van der Waals surface area contributed by atoms with Crippen molar-refractivity contribution in [2.75, 3.05) is 18.4 Å². The van der Waals surface area contributed by atoms with E-state index in [2.05, 4.69) is 16.0 Å². The quantitative estimate of drug-likeness (QED) is 0.767. The van der Waals surface area contributed by atoms with Crippen LogP contribution in [0.25, 0.3) is 0 Å². The van der Waals surface area contributed by atoms with Gasteiger partial charge in [0.15, 0.2) is 0 Å². The molecule has 2 rings (SSSR count). The Morgan fingerprint density at radius 1 is 1.43 bits per heavy atom. The third-order valence-electron chi connectivity index (χ3n) is 3.16. The van der Waals surface area contributed by atoms with E-state index in [1.54, 1.807) is 0 Å². The summed E-state index contributed by atoms with van der Waals surface area (Å²) in [5.41, 5.74) is 1.68. The van der Waals surface area contributed by atoms with Crippen LogP contribution in [0.4, 0.5) is 5.69 Å². The molecule has 3 N–H and O–H groups in total. The maximum Gasteiger partial charge on any atom is 0.243 e. The molecule has 114 valence electrons. The third-order valence-corrected chi connectivity index (χ3v) is 3.16. The number of benzene rings is 1. The lowest BCUT2D eigenvalue weighted by atomic mass is 10.1. The molecule has 2 amide bonds. The second kappa shape index (κ2) is 6.58. The number of aryl methyl sites for hydroxylation is 1. The zero-order chi connectivity index (χ0) is 15.4. The van der Waals surface area contributed by atoms with Gasteiger partial charge in [0, 0.05) is 12.2 Å². The molecule has 0 saturated carbocycles. The van der Waals surface area contributed by atoms with E-state index in [1.165, 1.54) is 0 Å². The van der Waals surface area contributed by atoms with Crippen molar-refractivity contribution in [3.63, 3.8) is 0 Å². The molecule has 0 spiro atoms. The fourth-order valence-corrected chi connectivity index (χ4v) is 2.09. The zero-order valence-electron chi connectivity index (χ0n) is 12.5. The minimum atomic E-state index is -0.409. The fraction of sp³-hybridized carbons (Fsp3) is 0.467. The molecule has 1 saturated heterocycles. The van der Waals surface area contributed by atoms with E-state index in [-0.39, 0.29) is 24.5 Å². The van der Waals surface area contributed by atoms with Crippen molar-refractivity contribution in [1.29, 1.82) is 0 Å². The first-order valence-electron chi connectivity index (χ1n) is 7.04. The number of hydrogen-bond donors (Lipinski definition) is 3. The van der Waals surface area contributed by atoms with Gasteiger partial charge in [0.1, 0.15) is 11.8 Å². The number of amides is 2. The van der Waals surface area contributed by atoms with Crippen LogP contribution in [0.1, 0.15) is 19.4 Å². The highest BCUT2D eigenvalue weighted by Gasteiger charge is 2.23. The molecule has 1 unspecified atom stereocenters. The van der Waals surface area contributed by atoms with Gasteiger partial charge in [-0.15, -0.1) is 0 Å². The highest BCUT2D eigenvalue weighted by molar-refractivity contribution is 5.97. The summed E-state index contributed by atoms with van der Waals surface area (Å²) < 4.78 is 5.61.